The Bertz CT molecular complexity index is 707. The van der Waals surface area contributed by atoms with E-state index in [1.54, 1.807) is 29.5 Å². The number of carboxylic acids is 1. The van der Waals surface area contributed by atoms with Crippen LogP contribution < -0.4 is 0 Å². The summed E-state index contributed by atoms with van der Waals surface area (Å²) >= 11 is 1.70. The average molecular weight is 315 g/mol. The Labute approximate surface area is 133 Å². The fourth-order valence-corrected chi connectivity index (χ4v) is 3.74. The number of amides is 1. The summed E-state index contributed by atoms with van der Waals surface area (Å²) in [5.74, 6) is -0.844. The number of aromatic carboxylic acids is 1. The molecule has 1 aromatic carbocycles. The summed E-state index contributed by atoms with van der Waals surface area (Å²) in [6.45, 7) is 1.44. The van der Waals surface area contributed by atoms with E-state index in [4.69, 9.17) is 0 Å². The van der Waals surface area contributed by atoms with Crippen LogP contribution in [0.2, 0.25) is 0 Å². The minimum atomic E-state index is -0.941. The number of rotatable bonds is 4. The largest absolute Gasteiger partial charge is 0.478 e. The van der Waals surface area contributed by atoms with Gasteiger partial charge in [0.15, 0.2) is 0 Å². The van der Waals surface area contributed by atoms with Gasteiger partial charge in [0.1, 0.15) is 0 Å². The lowest BCUT2D eigenvalue weighted by molar-refractivity contribution is -0.132. The molecule has 0 fully saturated rings. The SMILES string of the molecule is O=C(O)c1ccccc1CCC(=O)N1CCc2ccsc2C1. The van der Waals surface area contributed by atoms with Crippen LogP contribution in [-0.4, -0.2) is 28.4 Å². The molecule has 0 radical (unpaired) electrons. The molecule has 1 aliphatic heterocycles. The lowest BCUT2D eigenvalue weighted by Gasteiger charge is -2.27. The summed E-state index contributed by atoms with van der Waals surface area (Å²) < 4.78 is 0. The number of carboxylic acid groups (broad SMARTS) is 1. The smallest absolute Gasteiger partial charge is 0.335 e. The van der Waals surface area contributed by atoms with Gasteiger partial charge in [0, 0.05) is 17.8 Å². The highest BCUT2D eigenvalue weighted by molar-refractivity contribution is 7.10. The van der Waals surface area contributed by atoms with E-state index >= 15 is 0 Å². The number of aryl methyl sites for hydroxylation is 1. The first kappa shape index (κ1) is 14.8. The summed E-state index contributed by atoms with van der Waals surface area (Å²) in [4.78, 5) is 26.7. The number of carbonyl (C=O) groups excluding carboxylic acids is 1. The van der Waals surface area contributed by atoms with Crippen LogP contribution in [0.1, 0.15) is 32.8 Å². The minimum Gasteiger partial charge on any atom is -0.478 e. The molecule has 1 N–H and O–H groups in total. The molecule has 22 heavy (non-hydrogen) atoms. The number of carbonyl (C=O) groups is 2. The molecule has 0 unspecified atom stereocenters. The maximum Gasteiger partial charge on any atom is 0.335 e. The summed E-state index contributed by atoms with van der Waals surface area (Å²) in [6, 6.07) is 9.01. The Hall–Kier alpha value is -2.14. The molecule has 5 heteroatoms. The van der Waals surface area contributed by atoms with Crippen molar-refractivity contribution in [3.63, 3.8) is 0 Å². The monoisotopic (exact) mass is 315 g/mol. The van der Waals surface area contributed by atoms with E-state index in [0.717, 1.165) is 18.5 Å². The third kappa shape index (κ3) is 3.04. The van der Waals surface area contributed by atoms with E-state index in [1.165, 1.54) is 10.4 Å². The highest BCUT2D eigenvalue weighted by atomic mass is 32.1. The zero-order chi connectivity index (χ0) is 15.5. The van der Waals surface area contributed by atoms with Crippen molar-refractivity contribution in [2.75, 3.05) is 6.54 Å². The van der Waals surface area contributed by atoms with Crippen molar-refractivity contribution in [1.82, 2.24) is 4.90 Å². The van der Waals surface area contributed by atoms with E-state index in [1.807, 2.05) is 11.0 Å². The van der Waals surface area contributed by atoms with Crippen molar-refractivity contribution in [3.8, 4) is 0 Å². The highest BCUT2D eigenvalue weighted by Crippen LogP contribution is 2.24. The Balaban J connectivity index is 1.63. The molecule has 2 aromatic rings. The number of hydrogen-bond donors (Lipinski definition) is 1. The van der Waals surface area contributed by atoms with Gasteiger partial charge in [-0.15, -0.1) is 11.3 Å². The van der Waals surface area contributed by atoms with E-state index < -0.39 is 5.97 Å². The summed E-state index contributed by atoms with van der Waals surface area (Å²) in [6.07, 6.45) is 1.73. The van der Waals surface area contributed by atoms with Gasteiger partial charge < -0.3 is 10.0 Å². The van der Waals surface area contributed by atoms with Crippen molar-refractivity contribution < 1.29 is 14.7 Å². The summed E-state index contributed by atoms with van der Waals surface area (Å²) in [5.41, 5.74) is 2.36. The van der Waals surface area contributed by atoms with Crippen LogP contribution in [-0.2, 0) is 24.2 Å². The fourth-order valence-electron chi connectivity index (χ4n) is 2.80. The van der Waals surface area contributed by atoms with E-state index in [2.05, 4.69) is 11.4 Å². The van der Waals surface area contributed by atoms with Gasteiger partial charge in [-0.3, -0.25) is 4.79 Å². The first-order chi connectivity index (χ1) is 10.6. The van der Waals surface area contributed by atoms with Gasteiger partial charge >= 0.3 is 5.97 Å². The van der Waals surface area contributed by atoms with Gasteiger partial charge in [0.05, 0.1) is 12.1 Å². The maximum atomic E-state index is 12.4. The quantitative estimate of drug-likeness (QED) is 0.943. The van der Waals surface area contributed by atoms with Crippen LogP contribution in [0.4, 0.5) is 0 Å². The minimum absolute atomic E-state index is 0.0965. The normalized spacial score (nSPS) is 13.7. The van der Waals surface area contributed by atoms with Crippen molar-refractivity contribution in [2.24, 2.45) is 0 Å². The van der Waals surface area contributed by atoms with Gasteiger partial charge in [0.2, 0.25) is 5.91 Å². The fraction of sp³-hybridized carbons (Fsp3) is 0.294. The molecule has 0 atom stereocenters. The molecular formula is C17H17NO3S. The van der Waals surface area contributed by atoms with Gasteiger partial charge in [-0.25, -0.2) is 4.79 Å². The number of hydrogen-bond acceptors (Lipinski definition) is 3. The average Bonchev–Trinajstić information content (AvgIpc) is 3.00. The summed E-state index contributed by atoms with van der Waals surface area (Å²) in [5, 5.41) is 11.2. The number of benzene rings is 1. The molecule has 1 aromatic heterocycles. The third-order valence-corrected chi connectivity index (χ3v) is 4.98. The third-order valence-electron chi connectivity index (χ3n) is 4.03. The predicted octanol–water partition coefficient (Wildman–Crippen LogP) is 2.96. The molecule has 0 aliphatic carbocycles. The van der Waals surface area contributed by atoms with E-state index in [9.17, 15) is 14.7 Å². The lowest BCUT2D eigenvalue weighted by Crippen LogP contribution is -2.35. The van der Waals surface area contributed by atoms with Crippen LogP contribution in [0.25, 0.3) is 0 Å². The standard InChI is InChI=1S/C17H17NO3S/c19-16(18-9-7-13-8-10-22-15(13)11-18)6-5-12-3-1-2-4-14(12)17(20)21/h1-4,8,10H,5-7,9,11H2,(H,20,21). The van der Waals surface area contributed by atoms with Gasteiger partial charge in [-0.2, -0.15) is 0 Å². The highest BCUT2D eigenvalue weighted by Gasteiger charge is 2.21. The first-order valence-corrected chi connectivity index (χ1v) is 8.17. The molecule has 0 saturated heterocycles. The molecular weight excluding hydrogens is 298 g/mol. The second-order valence-electron chi connectivity index (χ2n) is 5.40. The molecule has 0 spiro atoms. The molecule has 0 saturated carbocycles. The Morgan fingerprint density at radius 2 is 2.05 bits per heavy atom. The van der Waals surface area contributed by atoms with Crippen LogP contribution in [0.3, 0.4) is 0 Å². The number of nitrogens with zero attached hydrogens (tertiary/aromatic N) is 1. The van der Waals surface area contributed by atoms with Gasteiger partial charge in [0.25, 0.3) is 0 Å². The Morgan fingerprint density at radius 1 is 1.23 bits per heavy atom. The van der Waals surface area contributed by atoms with Crippen LogP contribution in [0.15, 0.2) is 35.7 Å². The predicted molar refractivity (Wildman–Crippen MR) is 85.2 cm³/mol. The van der Waals surface area contributed by atoms with Crippen molar-refractivity contribution in [2.45, 2.75) is 25.8 Å². The molecule has 114 valence electrons. The van der Waals surface area contributed by atoms with E-state index in [-0.39, 0.29) is 11.5 Å². The second kappa shape index (κ2) is 6.32. The zero-order valence-electron chi connectivity index (χ0n) is 12.1. The molecule has 1 aliphatic rings. The number of thiophene rings is 1. The van der Waals surface area contributed by atoms with Crippen molar-refractivity contribution in [3.05, 3.63) is 57.3 Å². The second-order valence-corrected chi connectivity index (χ2v) is 6.40. The molecule has 1 amide bonds. The van der Waals surface area contributed by atoms with Crippen molar-refractivity contribution >= 4 is 23.2 Å². The Morgan fingerprint density at radius 3 is 2.86 bits per heavy atom. The lowest BCUT2D eigenvalue weighted by atomic mass is 10.0. The zero-order valence-corrected chi connectivity index (χ0v) is 12.9. The van der Waals surface area contributed by atoms with Gasteiger partial charge in [-0.1, -0.05) is 18.2 Å². The molecule has 3 rings (SSSR count). The maximum absolute atomic E-state index is 12.4. The van der Waals surface area contributed by atoms with Gasteiger partial charge in [-0.05, 0) is 41.5 Å². The number of fused-ring (bicyclic) bond motifs is 1. The van der Waals surface area contributed by atoms with Crippen LogP contribution >= 0.6 is 11.3 Å². The molecule has 4 nitrogen and oxygen atoms in total. The Kier molecular flexibility index (Phi) is 4.24. The van der Waals surface area contributed by atoms with Crippen molar-refractivity contribution in [1.29, 1.82) is 0 Å². The topological polar surface area (TPSA) is 57.6 Å². The van der Waals surface area contributed by atoms with E-state index in [0.29, 0.717) is 19.4 Å². The van der Waals surface area contributed by atoms with Crippen LogP contribution in [0.5, 0.6) is 0 Å². The first-order valence-electron chi connectivity index (χ1n) is 7.29. The molecule has 0 bridgehead atoms. The molecule has 2 heterocycles. The van der Waals surface area contributed by atoms with Crippen LogP contribution in [0, 0.1) is 0 Å². The summed E-state index contributed by atoms with van der Waals surface area (Å²) in [7, 11) is 0.